The van der Waals surface area contributed by atoms with E-state index >= 15 is 0 Å². The predicted molar refractivity (Wildman–Crippen MR) is 60.9 cm³/mol. The van der Waals surface area contributed by atoms with Gasteiger partial charge in [0, 0.05) is 24.6 Å². The largest absolute Gasteiger partial charge is 0.204 e. The molecule has 0 radical (unpaired) electrons. The fourth-order valence-corrected chi connectivity index (χ4v) is 1.59. The van der Waals surface area contributed by atoms with E-state index in [9.17, 15) is 0 Å². The van der Waals surface area contributed by atoms with Crippen LogP contribution in [0.1, 0.15) is 38.3 Å². The first-order valence-corrected chi connectivity index (χ1v) is 5.49. The molecular formula is C13H20N+. The topological polar surface area (TPSA) is 3.88 Å². The Morgan fingerprint density at radius 2 is 2.14 bits per heavy atom. The number of aryl methyl sites for hydroxylation is 1. The number of aromatic nitrogens is 1. The van der Waals surface area contributed by atoms with E-state index in [0.29, 0.717) is 0 Å². The molecule has 0 saturated heterocycles. The number of hydrogen-bond acceptors (Lipinski definition) is 0. The van der Waals surface area contributed by atoms with Crippen LogP contribution in [0.5, 0.6) is 0 Å². The third-order valence-corrected chi connectivity index (χ3v) is 2.44. The average molecular weight is 190 g/mol. The molecule has 1 heteroatoms. The highest BCUT2D eigenvalue weighted by atomic mass is 14.9. The molecular weight excluding hydrogens is 170 g/mol. The molecule has 0 atom stereocenters. The zero-order chi connectivity index (χ0) is 10.2. The smallest absolute Gasteiger partial charge is 0.199 e. The number of rotatable bonds is 6. The van der Waals surface area contributed by atoms with E-state index in [1.54, 1.807) is 0 Å². The zero-order valence-electron chi connectivity index (χ0n) is 9.08. The first-order chi connectivity index (χ1) is 6.88. The minimum Gasteiger partial charge on any atom is -0.199 e. The third kappa shape index (κ3) is 3.33. The molecule has 0 aliphatic rings. The summed E-state index contributed by atoms with van der Waals surface area (Å²) in [6, 6.07) is 6.24. The van der Waals surface area contributed by atoms with Gasteiger partial charge in [-0.1, -0.05) is 26.3 Å². The summed E-state index contributed by atoms with van der Waals surface area (Å²) in [5.41, 5.74) is 1.21. The van der Waals surface area contributed by atoms with Gasteiger partial charge in [-0.15, -0.1) is 0 Å². The van der Waals surface area contributed by atoms with E-state index in [-0.39, 0.29) is 0 Å². The summed E-state index contributed by atoms with van der Waals surface area (Å²) in [6.07, 6.45) is 9.28. The maximum Gasteiger partial charge on any atom is 0.204 e. The molecule has 0 bridgehead atoms. The normalized spacial score (nSPS) is 10.1. The van der Waals surface area contributed by atoms with Crippen LogP contribution in [0.2, 0.25) is 0 Å². The molecule has 0 aliphatic carbocycles. The van der Waals surface area contributed by atoms with E-state index in [4.69, 9.17) is 0 Å². The number of nitrogens with zero attached hydrogens (tertiary/aromatic N) is 1. The van der Waals surface area contributed by atoms with Gasteiger partial charge in [-0.25, -0.2) is 0 Å². The molecule has 1 aromatic heterocycles. The quantitative estimate of drug-likeness (QED) is 0.479. The molecule has 0 amide bonds. The Hall–Kier alpha value is -1.11. The second kappa shape index (κ2) is 6.36. The lowest BCUT2D eigenvalue weighted by Crippen LogP contribution is -2.36. The van der Waals surface area contributed by atoms with Crippen LogP contribution < -0.4 is 4.57 Å². The second-order valence-corrected chi connectivity index (χ2v) is 3.58. The van der Waals surface area contributed by atoms with Gasteiger partial charge in [0.15, 0.2) is 6.20 Å². The van der Waals surface area contributed by atoms with Gasteiger partial charge in [0.05, 0.1) is 0 Å². The van der Waals surface area contributed by atoms with Crippen LogP contribution in [-0.4, -0.2) is 0 Å². The zero-order valence-corrected chi connectivity index (χ0v) is 9.08. The Balaban J connectivity index is 2.45. The van der Waals surface area contributed by atoms with E-state index < -0.39 is 0 Å². The first-order valence-electron chi connectivity index (χ1n) is 5.49. The van der Waals surface area contributed by atoms with E-state index in [1.807, 2.05) is 6.08 Å². The maximum absolute atomic E-state index is 3.82. The van der Waals surface area contributed by atoms with E-state index in [2.05, 4.69) is 42.5 Å². The maximum atomic E-state index is 3.82. The molecule has 1 nitrogen and oxygen atoms in total. The average Bonchev–Trinajstić information content (AvgIpc) is 2.25. The van der Waals surface area contributed by atoms with Gasteiger partial charge in [0.25, 0.3) is 0 Å². The number of pyridine rings is 1. The molecule has 0 aromatic carbocycles. The first kappa shape index (κ1) is 11.0. The van der Waals surface area contributed by atoms with Gasteiger partial charge in [0.2, 0.25) is 5.69 Å². The summed E-state index contributed by atoms with van der Waals surface area (Å²) < 4.78 is 2.27. The Labute approximate surface area is 87.1 Å². The molecule has 0 fully saturated rings. The molecule has 0 unspecified atom stereocenters. The molecule has 1 heterocycles. The monoisotopic (exact) mass is 190 g/mol. The molecule has 0 N–H and O–H groups in total. The second-order valence-electron chi connectivity index (χ2n) is 3.58. The molecule has 0 saturated carbocycles. The van der Waals surface area contributed by atoms with Crippen molar-refractivity contribution in [2.45, 2.75) is 39.2 Å². The van der Waals surface area contributed by atoms with Gasteiger partial charge in [-0.05, 0) is 12.5 Å². The van der Waals surface area contributed by atoms with Crippen LogP contribution in [0.3, 0.4) is 0 Å². The summed E-state index contributed by atoms with van der Waals surface area (Å²) in [5.74, 6) is 0. The summed E-state index contributed by atoms with van der Waals surface area (Å²) >= 11 is 0. The van der Waals surface area contributed by atoms with Gasteiger partial charge < -0.3 is 0 Å². The summed E-state index contributed by atoms with van der Waals surface area (Å²) in [6.45, 7) is 7.17. The van der Waals surface area contributed by atoms with Crippen molar-refractivity contribution < 1.29 is 4.57 Å². The Bertz CT molecular complexity index is 278. The predicted octanol–water partition coefficient (Wildman–Crippen LogP) is 3.20. The Kier molecular flexibility index (Phi) is 4.98. The van der Waals surface area contributed by atoms with Crippen LogP contribution >= 0.6 is 0 Å². The van der Waals surface area contributed by atoms with Crippen LogP contribution in [0, 0.1) is 0 Å². The summed E-state index contributed by atoms with van der Waals surface area (Å²) in [4.78, 5) is 0. The van der Waals surface area contributed by atoms with E-state index in [1.165, 1.54) is 31.4 Å². The molecule has 14 heavy (non-hydrogen) atoms. The van der Waals surface area contributed by atoms with Crippen molar-refractivity contribution in [3.8, 4) is 0 Å². The summed E-state index contributed by atoms with van der Waals surface area (Å²) in [5, 5.41) is 0. The summed E-state index contributed by atoms with van der Waals surface area (Å²) in [7, 11) is 0. The van der Waals surface area contributed by atoms with Crippen molar-refractivity contribution in [1.29, 1.82) is 0 Å². The lowest BCUT2D eigenvalue weighted by atomic mass is 10.2. The Morgan fingerprint density at radius 3 is 2.86 bits per heavy atom. The van der Waals surface area contributed by atoms with Crippen LogP contribution in [0.25, 0.3) is 6.08 Å². The molecule has 0 aliphatic heterocycles. The van der Waals surface area contributed by atoms with Crippen molar-refractivity contribution in [3.05, 3.63) is 36.7 Å². The van der Waals surface area contributed by atoms with Crippen LogP contribution in [0.4, 0.5) is 0 Å². The molecule has 0 spiro atoms. The highest BCUT2D eigenvalue weighted by molar-refractivity contribution is 5.36. The van der Waals surface area contributed by atoms with Gasteiger partial charge in [0.1, 0.15) is 6.54 Å². The third-order valence-electron chi connectivity index (χ3n) is 2.44. The van der Waals surface area contributed by atoms with Gasteiger partial charge in [-0.3, -0.25) is 0 Å². The van der Waals surface area contributed by atoms with Crippen molar-refractivity contribution in [1.82, 2.24) is 0 Å². The molecule has 1 rings (SSSR count). The van der Waals surface area contributed by atoms with Crippen molar-refractivity contribution in [3.63, 3.8) is 0 Å². The van der Waals surface area contributed by atoms with Crippen molar-refractivity contribution >= 4 is 6.08 Å². The standard InChI is InChI=1S/C13H20N/c1-3-5-6-8-11-14-12-9-7-10-13(14)4-2/h4,7,9-10,12H,2-3,5-6,8,11H2,1H3/q+1. The van der Waals surface area contributed by atoms with Gasteiger partial charge >= 0.3 is 0 Å². The van der Waals surface area contributed by atoms with Crippen molar-refractivity contribution in [2.24, 2.45) is 0 Å². The highest BCUT2D eigenvalue weighted by Crippen LogP contribution is 2.00. The number of hydrogen-bond donors (Lipinski definition) is 0. The lowest BCUT2D eigenvalue weighted by Gasteiger charge is -1.99. The Morgan fingerprint density at radius 1 is 1.29 bits per heavy atom. The van der Waals surface area contributed by atoms with Gasteiger partial charge in [-0.2, -0.15) is 4.57 Å². The van der Waals surface area contributed by atoms with E-state index in [0.717, 1.165) is 6.54 Å². The SMILES string of the molecule is C=Cc1cccc[n+]1CCCCCC. The minimum absolute atomic E-state index is 1.11. The molecule has 76 valence electrons. The number of unbranched alkanes of at least 4 members (excludes halogenated alkanes) is 3. The van der Waals surface area contributed by atoms with Crippen LogP contribution in [0.15, 0.2) is 31.0 Å². The fraction of sp³-hybridized carbons (Fsp3) is 0.462. The van der Waals surface area contributed by atoms with Crippen LogP contribution in [-0.2, 0) is 6.54 Å². The van der Waals surface area contributed by atoms with Crippen molar-refractivity contribution in [2.75, 3.05) is 0 Å². The lowest BCUT2D eigenvalue weighted by molar-refractivity contribution is -0.699. The fourth-order valence-electron chi connectivity index (χ4n) is 1.59. The molecule has 1 aromatic rings. The minimum atomic E-state index is 1.11. The highest BCUT2D eigenvalue weighted by Gasteiger charge is 2.04.